The largest absolute Gasteiger partial charge is 0.484 e. The second kappa shape index (κ2) is 5.77. The minimum absolute atomic E-state index is 0.183. The Hall–Kier alpha value is -2.30. The van der Waals surface area contributed by atoms with E-state index in [2.05, 4.69) is 17.1 Å². The lowest BCUT2D eigenvalue weighted by Gasteiger charge is -2.13. The topological polar surface area (TPSA) is 75.2 Å². The molecule has 0 amide bonds. The average molecular weight is 274 g/mol. The number of hydrogen-bond acceptors (Lipinski definition) is 3. The Balaban J connectivity index is 2.19. The van der Waals surface area contributed by atoms with Crippen LogP contribution in [0.4, 0.5) is 0 Å². The van der Waals surface area contributed by atoms with Crippen LogP contribution in [0.1, 0.15) is 47.3 Å². The molecule has 2 aromatic rings. The summed E-state index contributed by atoms with van der Waals surface area (Å²) in [6.07, 6.45) is 0.538. The minimum atomic E-state index is -0.997. The Morgan fingerprint density at radius 2 is 2.05 bits per heavy atom. The number of nitrogens with one attached hydrogen (secondary N) is 1. The molecule has 106 valence electrons. The first-order valence-corrected chi connectivity index (χ1v) is 6.56. The summed E-state index contributed by atoms with van der Waals surface area (Å²) in [7, 11) is 0. The summed E-state index contributed by atoms with van der Waals surface area (Å²) in [6.45, 7) is 5.56. The van der Waals surface area contributed by atoms with E-state index in [0.29, 0.717) is 17.1 Å². The second-order valence-corrected chi connectivity index (χ2v) is 4.67. The van der Waals surface area contributed by atoms with Crippen molar-refractivity contribution in [2.24, 2.45) is 0 Å². The molecule has 0 saturated heterocycles. The first-order valence-electron chi connectivity index (χ1n) is 6.56. The Morgan fingerprint density at radius 1 is 1.40 bits per heavy atom. The molecule has 2 rings (SSSR count). The van der Waals surface area contributed by atoms with Crippen LogP contribution < -0.4 is 4.74 Å². The molecule has 5 nitrogen and oxygen atoms in total. The Labute approximate surface area is 117 Å². The molecule has 0 aliphatic carbocycles. The van der Waals surface area contributed by atoms with Gasteiger partial charge in [0.1, 0.15) is 23.1 Å². The maximum atomic E-state index is 11.2. The number of carbonyl (C=O) groups is 1. The van der Waals surface area contributed by atoms with Crippen molar-refractivity contribution < 1.29 is 14.6 Å². The van der Waals surface area contributed by atoms with E-state index in [9.17, 15) is 9.90 Å². The van der Waals surface area contributed by atoms with Gasteiger partial charge in [-0.3, -0.25) is 5.10 Å². The van der Waals surface area contributed by atoms with E-state index in [0.717, 1.165) is 6.42 Å². The number of aryl methyl sites for hydroxylation is 2. The summed E-state index contributed by atoms with van der Waals surface area (Å²) < 4.78 is 5.76. The first kappa shape index (κ1) is 14.1. The Morgan fingerprint density at radius 3 is 2.60 bits per heavy atom. The summed E-state index contributed by atoms with van der Waals surface area (Å²) in [4.78, 5) is 11.2. The van der Waals surface area contributed by atoms with Crippen LogP contribution in [0.25, 0.3) is 0 Å². The molecule has 5 heteroatoms. The van der Waals surface area contributed by atoms with Crippen LogP contribution in [-0.4, -0.2) is 21.3 Å². The smallest absolute Gasteiger partial charge is 0.339 e. The molecule has 1 atom stereocenters. The number of benzene rings is 1. The summed E-state index contributed by atoms with van der Waals surface area (Å²) in [6, 6.07) is 7.76. The summed E-state index contributed by atoms with van der Waals surface area (Å²) in [5.74, 6) is -0.297. The lowest BCUT2D eigenvalue weighted by molar-refractivity contribution is 0.0691. The molecule has 0 fully saturated rings. The van der Waals surface area contributed by atoms with Crippen molar-refractivity contribution in [3.8, 4) is 5.75 Å². The maximum absolute atomic E-state index is 11.2. The summed E-state index contributed by atoms with van der Waals surface area (Å²) in [5, 5.41) is 15.9. The number of carboxylic acid groups (broad SMARTS) is 1. The third kappa shape index (κ3) is 2.82. The van der Waals surface area contributed by atoms with Gasteiger partial charge in [0, 0.05) is 5.69 Å². The second-order valence-electron chi connectivity index (χ2n) is 4.67. The third-order valence-corrected chi connectivity index (χ3v) is 3.22. The first-order chi connectivity index (χ1) is 9.52. The molecular formula is C15H18N2O3. The van der Waals surface area contributed by atoms with Crippen LogP contribution in [-0.2, 0) is 6.42 Å². The van der Waals surface area contributed by atoms with Gasteiger partial charge in [-0.2, -0.15) is 5.10 Å². The molecule has 1 unspecified atom stereocenters. The fraction of sp³-hybridized carbons (Fsp3) is 0.333. The van der Waals surface area contributed by atoms with Gasteiger partial charge in [-0.05, 0) is 38.0 Å². The molecule has 1 heterocycles. The predicted octanol–water partition coefficient (Wildman–Crippen LogP) is 3.12. The van der Waals surface area contributed by atoms with Gasteiger partial charge in [0.15, 0.2) is 0 Å². The molecule has 0 saturated carbocycles. The van der Waals surface area contributed by atoms with Crippen LogP contribution >= 0.6 is 0 Å². The molecule has 0 radical (unpaired) electrons. The fourth-order valence-electron chi connectivity index (χ4n) is 2.08. The van der Waals surface area contributed by atoms with Crippen molar-refractivity contribution in [3.63, 3.8) is 0 Å². The van der Waals surface area contributed by atoms with Crippen molar-refractivity contribution >= 4 is 5.97 Å². The highest BCUT2D eigenvalue weighted by atomic mass is 16.5. The number of aromatic nitrogens is 2. The molecular weight excluding hydrogens is 256 g/mol. The molecule has 1 aromatic carbocycles. The van der Waals surface area contributed by atoms with Gasteiger partial charge in [-0.1, -0.05) is 19.1 Å². The van der Waals surface area contributed by atoms with Crippen LogP contribution in [0.3, 0.4) is 0 Å². The number of rotatable bonds is 5. The van der Waals surface area contributed by atoms with Crippen LogP contribution in [0, 0.1) is 6.92 Å². The van der Waals surface area contributed by atoms with Gasteiger partial charge < -0.3 is 9.84 Å². The van der Waals surface area contributed by atoms with Crippen molar-refractivity contribution in [1.29, 1.82) is 0 Å². The Kier molecular flexibility index (Phi) is 4.08. The van der Waals surface area contributed by atoms with Crippen molar-refractivity contribution in [1.82, 2.24) is 10.2 Å². The van der Waals surface area contributed by atoms with E-state index in [-0.39, 0.29) is 5.56 Å². The average Bonchev–Trinajstić information content (AvgIpc) is 2.81. The fourth-order valence-corrected chi connectivity index (χ4v) is 2.08. The van der Waals surface area contributed by atoms with E-state index < -0.39 is 12.1 Å². The molecule has 2 N–H and O–H groups in total. The lowest BCUT2D eigenvalue weighted by atomic mass is 10.1. The van der Waals surface area contributed by atoms with Gasteiger partial charge in [-0.25, -0.2) is 4.79 Å². The zero-order valence-electron chi connectivity index (χ0n) is 11.8. The van der Waals surface area contributed by atoms with Gasteiger partial charge in [0.05, 0.1) is 0 Å². The highest BCUT2D eigenvalue weighted by Crippen LogP contribution is 2.24. The minimum Gasteiger partial charge on any atom is -0.484 e. The molecule has 1 aromatic heterocycles. The van der Waals surface area contributed by atoms with Gasteiger partial charge >= 0.3 is 5.97 Å². The standard InChI is InChI=1S/C15H18N2O3/c1-4-11-5-7-12(8-6-11)20-10(3)14-13(15(18)19)9(2)16-17-14/h5-8,10H,4H2,1-3H3,(H,16,17)(H,18,19). The van der Waals surface area contributed by atoms with Crippen LogP contribution in [0.15, 0.2) is 24.3 Å². The molecule has 0 bridgehead atoms. The number of carboxylic acids is 1. The highest BCUT2D eigenvalue weighted by molar-refractivity contribution is 5.90. The zero-order chi connectivity index (χ0) is 14.7. The number of H-pyrrole nitrogens is 1. The highest BCUT2D eigenvalue weighted by Gasteiger charge is 2.22. The SMILES string of the molecule is CCc1ccc(OC(C)c2n[nH]c(C)c2C(=O)O)cc1. The predicted molar refractivity (Wildman–Crippen MR) is 75.1 cm³/mol. The zero-order valence-corrected chi connectivity index (χ0v) is 11.8. The van der Waals surface area contributed by atoms with E-state index in [1.165, 1.54) is 5.56 Å². The third-order valence-electron chi connectivity index (χ3n) is 3.22. The quantitative estimate of drug-likeness (QED) is 0.878. The number of ether oxygens (including phenoxy) is 1. The van der Waals surface area contributed by atoms with Crippen molar-refractivity contribution in [2.45, 2.75) is 33.3 Å². The van der Waals surface area contributed by atoms with E-state index >= 15 is 0 Å². The summed E-state index contributed by atoms with van der Waals surface area (Å²) in [5.41, 5.74) is 2.35. The molecule has 0 aliphatic rings. The number of aromatic amines is 1. The molecule has 20 heavy (non-hydrogen) atoms. The van der Waals surface area contributed by atoms with Crippen molar-refractivity contribution in [3.05, 3.63) is 46.8 Å². The Bertz CT molecular complexity index is 602. The normalized spacial score (nSPS) is 12.2. The van der Waals surface area contributed by atoms with Gasteiger partial charge in [-0.15, -0.1) is 0 Å². The van der Waals surface area contributed by atoms with Crippen LogP contribution in [0.2, 0.25) is 0 Å². The number of aromatic carboxylic acids is 1. The van der Waals surface area contributed by atoms with E-state index in [4.69, 9.17) is 4.74 Å². The number of hydrogen-bond donors (Lipinski definition) is 2. The monoisotopic (exact) mass is 274 g/mol. The number of nitrogens with zero attached hydrogens (tertiary/aromatic N) is 1. The van der Waals surface area contributed by atoms with Crippen molar-refractivity contribution in [2.75, 3.05) is 0 Å². The van der Waals surface area contributed by atoms with E-state index in [1.807, 2.05) is 24.3 Å². The van der Waals surface area contributed by atoms with Gasteiger partial charge in [0.25, 0.3) is 0 Å². The van der Waals surface area contributed by atoms with Crippen LogP contribution in [0.5, 0.6) is 5.75 Å². The maximum Gasteiger partial charge on any atom is 0.339 e. The molecule has 0 aliphatic heterocycles. The summed E-state index contributed by atoms with van der Waals surface area (Å²) >= 11 is 0. The lowest BCUT2D eigenvalue weighted by Crippen LogP contribution is -2.10. The van der Waals surface area contributed by atoms with Gasteiger partial charge in [0.2, 0.25) is 0 Å². The molecule has 0 spiro atoms. The van der Waals surface area contributed by atoms with E-state index in [1.54, 1.807) is 13.8 Å².